The highest BCUT2D eigenvalue weighted by Crippen LogP contribution is 2.24. The Morgan fingerprint density at radius 1 is 1.04 bits per heavy atom. The second-order valence-electron chi connectivity index (χ2n) is 6.84. The number of nitrogens with one attached hydrogen (secondary N) is 1. The third-order valence-electron chi connectivity index (χ3n) is 5.16. The van der Waals surface area contributed by atoms with Gasteiger partial charge in [-0.15, -0.1) is 0 Å². The summed E-state index contributed by atoms with van der Waals surface area (Å²) >= 11 is 0. The zero-order valence-electron chi connectivity index (χ0n) is 14.0. The van der Waals surface area contributed by atoms with Crippen LogP contribution in [0.2, 0.25) is 0 Å². The van der Waals surface area contributed by atoms with Gasteiger partial charge >= 0.3 is 0 Å². The van der Waals surface area contributed by atoms with E-state index in [2.05, 4.69) is 5.32 Å². The highest BCUT2D eigenvalue weighted by atomic mass is 16.3. The van der Waals surface area contributed by atoms with E-state index in [4.69, 9.17) is 0 Å². The van der Waals surface area contributed by atoms with Crippen LogP contribution in [0.5, 0.6) is 0 Å². The maximum absolute atomic E-state index is 12.7. The average molecular weight is 330 g/mol. The van der Waals surface area contributed by atoms with Crippen molar-refractivity contribution in [1.82, 2.24) is 10.2 Å². The summed E-state index contributed by atoms with van der Waals surface area (Å²) < 4.78 is 0. The highest BCUT2D eigenvalue weighted by molar-refractivity contribution is 6.00. The molecule has 1 aromatic rings. The van der Waals surface area contributed by atoms with Crippen LogP contribution in [-0.4, -0.2) is 46.6 Å². The predicted octanol–water partition coefficient (Wildman–Crippen LogP) is 2.10. The van der Waals surface area contributed by atoms with Gasteiger partial charge in [-0.25, -0.2) is 0 Å². The Balaban J connectivity index is 1.63. The molecule has 24 heavy (non-hydrogen) atoms. The first-order valence-electron chi connectivity index (χ1n) is 9.00. The van der Waals surface area contributed by atoms with E-state index < -0.39 is 12.3 Å². The third kappa shape index (κ3) is 3.84. The van der Waals surface area contributed by atoms with E-state index in [-0.39, 0.29) is 17.7 Å². The van der Waals surface area contributed by atoms with Crippen LogP contribution in [0, 0.1) is 0 Å². The molecule has 1 aromatic carbocycles. The van der Waals surface area contributed by atoms with Crippen molar-refractivity contribution in [3.63, 3.8) is 0 Å². The molecule has 5 heteroatoms. The first-order valence-corrected chi connectivity index (χ1v) is 9.00. The number of ketones is 1. The molecule has 2 N–H and O–H groups in total. The maximum Gasteiger partial charge on any atom is 0.264 e. The molecule has 0 spiro atoms. The summed E-state index contributed by atoms with van der Waals surface area (Å²) in [6.07, 6.45) is 5.68. The lowest BCUT2D eigenvalue weighted by molar-refractivity contribution is -0.140. The van der Waals surface area contributed by atoms with Gasteiger partial charge in [0.25, 0.3) is 5.91 Å². The molecular weight excluding hydrogens is 304 g/mol. The molecule has 2 aliphatic rings. The largest absolute Gasteiger partial charge is 0.370 e. The van der Waals surface area contributed by atoms with Crippen molar-refractivity contribution in [2.75, 3.05) is 6.54 Å². The van der Waals surface area contributed by atoms with Crippen molar-refractivity contribution >= 4 is 11.7 Å². The van der Waals surface area contributed by atoms with Gasteiger partial charge in [-0.05, 0) is 25.7 Å². The van der Waals surface area contributed by atoms with Crippen LogP contribution >= 0.6 is 0 Å². The smallest absolute Gasteiger partial charge is 0.264 e. The number of carbonyl (C=O) groups excluding carboxylic acids is 2. The Bertz CT molecular complexity index is 569. The third-order valence-corrected chi connectivity index (χ3v) is 5.16. The Morgan fingerprint density at radius 3 is 2.46 bits per heavy atom. The number of rotatable bonds is 5. The molecule has 1 saturated heterocycles. The van der Waals surface area contributed by atoms with E-state index in [1.165, 1.54) is 6.42 Å². The van der Waals surface area contributed by atoms with Crippen molar-refractivity contribution in [2.24, 2.45) is 0 Å². The molecule has 1 amide bonds. The molecule has 5 nitrogen and oxygen atoms in total. The monoisotopic (exact) mass is 330 g/mol. The Morgan fingerprint density at radius 2 is 1.75 bits per heavy atom. The number of hydrogen-bond acceptors (Lipinski definition) is 4. The van der Waals surface area contributed by atoms with Crippen LogP contribution in [-0.2, 0) is 4.79 Å². The second-order valence-corrected chi connectivity index (χ2v) is 6.84. The summed E-state index contributed by atoms with van der Waals surface area (Å²) in [7, 11) is 0. The fourth-order valence-electron chi connectivity index (χ4n) is 3.83. The van der Waals surface area contributed by atoms with Crippen molar-refractivity contribution in [3.8, 4) is 0 Å². The van der Waals surface area contributed by atoms with Crippen LogP contribution in [0.3, 0.4) is 0 Å². The SMILES string of the molecule is O=C(NC1CCCCC1)C(O)N1CCCC1C(=O)c1ccccc1. The zero-order valence-corrected chi connectivity index (χ0v) is 14.0. The van der Waals surface area contributed by atoms with Gasteiger partial charge in [0.05, 0.1) is 6.04 Å². The zero-order chi connectivity index (χ0) is 16.9. The van der Waals surface area contributed by atoms with Gasteiger partial charge in [-0.1, -0.05) is 49.6 Å². The summed E-state index contributed by atoms with van der Waals surface area (Å²) in [5.41, 5.74) is 0.634. The first-order chi connectivity index (χ1) is 11.7. The topological polar surface area (TPSA) is 69.6 Å². The standard InChI is InChI=1S/C19H26N2O3/c22-17(14-8-3-1-4-9-14)16-12-7-13-21(16)19(24)18(23)20-15-10-5-2-6-11-15/h1,3-4,8-9,15-16,19,24H,2,5-7,10-13H2,(H,20,23). The highest BCUT2D eigenvalue weighted by Gasteiger charge is 2.38. The van der Waals surface area contributed by atoms with E-state index >= 15 is 0 Å². The number of Topliss-reactive ketones (excluding diaryl/α,β-unsaturated/α-hetero) is 1. The maximum atomic E-state index is 12.7. The summed E-state index contributed by atoms with van der Waals surface area (Å²) in [5.74, 6) is -0.382. The van der Waals surface area contributed by atoms with E-state index in [9.17, 15) is 14.7 Å². The number of likely N-dealkylation sites (tertiary alicyclic amines) is 1. The van der Waals surface area contributed by atoms with Crippen LogP contribution < -0.4 is 5.32 Å². The molecule has 1 aliphatic carbocycles. The van der Waals surface area contributed by atoms with Crippen molar-refractivity contribution in [2.45, 2.75) is 63.3 Å². The average Bonchev–Trinajstić information content (AvgIpc) is 3.11. The summed E-state index contributed by atoms with van der Waals surface area (Å²) in [6.45, 7) is 0.572. The molecule has 2 unspecified atom stereocenters. The normalized spacial score (nSPS) is 23.8. The minimum Gasteiger partial charge on any atom is -0.370 e. The number of aliphatic hydroxyl groups is 1. The molecule has 1 saturated carbocycles. The number of hydrogen-bond donors (Lipinski definition) is 2. The van der Waals surface area contributed by atoms with Crippen LogP contribution in [0.4, 0.5) is 0 Å². The quantitative estimate of drug-likeness (QED) is 0.811. The van der Waals surface area contributed by atoms with E-state index in [0.29, 0.717) is 18.5 Å². The Hall–Kier alpha value is -1.72. The molecular formula is C19H26N2O3. The molecule has 1 aliphatic heterocycles. The fourth-order valence-corrected chi connectivity index (χ4v) is 3.83. The molecule has 0 radical (unpaired) electrons. The lowest BCUT2D eigenvalue weighted by atomic mass is 9.95. The molecule has 0 bridgehead atoms. The van der Waals surface area contributed by atoms with Crippen LogP contribution in [0.25, 0.3) is 0 Å². The molecule has 0 aromatic heterocycles. The lowest BCUT2D eigenvalue weighted by Gasteiger charge is -2.30. The van der Waals surface area contributed by atoms with E-state index in [1.54, 1.807) is 17.0 Å². The minimum absolute atomic E-state index is 0.0161. The number of nitrogens with zero attached hydrogens (tertiary/aromatic N) is 1. The van der Waals surface area contributed by atoms with Gasteiger partial charge in [0.15, 0.2) is 12.0 Å². The second kappa shape index (κ2) is 7.90. The van der Waals surface area contributed by atoms with Crippen LogP contribution in [0.15, 0.2) is 30.3 Å². The van der Waals surface area contributed by atoms with Gasteiger partial charge in [0.2, 0.25) is 0 Å². The van der Waals surface area contributed by atoms with E-state index in [0.717, 1.165) is 32.1 Å². The van der Waals surface area contributed by atoms with E-state index in [1.807, 2.05) is 18.2 Å². The van der Waals surface area contributed by atoms with Crippen molar-refractivity contribution < 1.29 is 14.7 Å². The predicted molar refractivity (Wildman–Crippen MR) is 91.5 cm³/mol. The number of carbonyl (C=O) groups is 2. The van der Waals surface area contributed by atoms with Crippen LogP contribution in [0.1, 0.15) is 55.3 Å². The van der Waals surface area contributed by atoms with Gasteiger partial charge in [-0.2, -0.15) is 0 Å². The number of aliphatic hydroxyl groups excluding tert-OH is 1. The number of benzene rings is 1. The lowest BCUT2D eigenvalue weighted by Crippen LogP contribution is -2.53. The minimum atomic E-state index is -1.24. The van der Waals surface area contributed by atoms with Gasteiger partial charge in [0.1, 0.15) is 0 Å². The summed E-state index contributed by atoms with van der Waals surface area (Å²) in [5, 5.41) is 13.4. The van der Waals surface area contributed by atoms with Crippen molar-refractivity contribution in [1.29, 1.82) is 0 Å². The molecule has 2 fully saturated rings. The molecule has 2 atom stereocenters. The molecule has 130 valence electrons. The molecule has 3 rings (SSSR count). The fraction of sp³-hybridized carbons (Fsp3) is 0.579. The number of amides is 1. The Kier molecular flexibility index (Phi) is 5.63. The summed E-state index contributed by atoms with van der Waals surface area (Å²) in [4.78, 5) is 26.7. The first kappa shape index (κ1) is 17.1. The molecule has 1 heterocycles. The van der Waals surface area contributed by atoms with Gasteiger partial charge < -0.3 is 10.4 Å². The summed E-state index contributed by atoms with van der Waals surface area (Å²) in [6, 6.07) is 8.85. The van der Waals surface area contributed by atoms with Crippen molar-refractivity contribution in [3.05, 3.63) is 35.9 Å². The van der Waals surface area contributed by atoms with Gasteiger partial charge in [0, 0.05) is 18.2 Å². The Labute approximate surface area is 143 Å². The van der Waals surface area contributed by atoms with Gasteiger partial charge in [-0.3, -0.25) is 14.5 Å².